The smallest absolute Gasteiger partial charge is 0.220 e. The van der Waals surface area contributed by atoms with Crippen LogP contribution in [0.1, 0.15) is 48.1 Å². The molecule has 2 aromatic rings. The van der Waals surface area contributed by atoms with Gasteiger partial charge in [-0.2, -0.15) is 10.2 Å². The Hall–Kier alpha value is -2.11. The molecule has 1 N–H and O–H groups in total. The van der Waals surface area contributed by atoms with Gasteiger partial charge in [0.1, 0.15) is 0 Å². The van der Waals surface area contributed by atoms with E-state index >= 15 is 0 Å². The first-order chi connectivity index (χ1) is 11.4. The average Bonchev–Trinajstić information content (AvgIpc) is 3.00. The van der Waals surface area contributed by atoms with Crippen LogP contribution in [0.4, 0.5) is 0 Å². The zero-order chi connectivity index (χ0) is 17.7. The molecule has 0 aliphatic rings. The molecule has 2 aromatic heterocycles. The molecule has 132 valence electrons. The van der Waals surface area contributed by atoms with E-state index in [1.807, 2.05) is 23.2 Å². The molecule has 0 unspecified atom stereocenters. The number of aryl methyl sites for hydroxylation is 5. The lowest BCUT2D eigenvalue weighted by atomic mass is 10.1. The van der Waals surface area contributed by atoms with Crippen molar-refractivity contribution in [2.75, 3.05) is 6.54 Å². The van der Waals surface area contributed by atoms with Gasteiger partial charge in [0.05, 0.1) is 11.4 Å². The molecule has 0 fully saturated rings. The Morgan fingerprint density at radius 2 is 1.92 bits per heavy atom. The highest BCUT2D eigenvalue weighted by Gasteiger charge is 2.12. The first-order valence-corrected chi connectivity index (χ1v) is 8.73. The first kappa shape index (κ1) is 18.2. The molecule has 2 rings (SSSR count). The molecule has 0 aliphatic heterocycles. The molecule has 0 radical (unpaired) electrons. The molecular formula is C18H29N5O. The van der Waals surface area contributed by atoms with Crippen molar-refractivity contribution in [2.45, 2.75) is 67.0 Å². The van der Waals surface area contributed by atoms with Crippen LogP contribution in [0.2, 0.25) is 0 Å². The number of hydrogen-bond donors (Lipinski definition) is 1. The highest BCUT2D eigenvalue weighted by molar-refractivity contribution is 5.76. The Balaban J connectivity index is 1.72. The molecule has 0 bridgehead atoms. The first-order valence-electron chi connectivity index (χ1n) is 8.73. The van der Waals surface area contributed by atoms with Crippen molar-refractivity contribution < 1.29 is 4.79 Å². The minimum atomic E-state index is 0.103. The van der Waals surface area contributed by atoms with Crippen molar-refractivity contribution in [2.24, 2.45) is 0 Å². The van der Waals surface area contributed by atoms with Crippen LogP contribution in [-0.4, -0.2) is 32.0 Å². The zero-order valence-corrected chi connectivity index (χ0v) is 15.5. The summed E-state index contributed by atoms with van der Waals surface area (Å²) in [6.45, 7) is 12.6. The van der Waals surface area contributed by atoms with Crippen LogP contribution in [0.5, 0.6) is 0 Å². The van der Waals surface area contributed by atoms with Crippen LogP contribution in [-0.2, 0) is 24.3 Å². The monoisotopic (exact) mass is 331 g/mol. The van der Waals surface area contributed by atoms with Crippen LogP contribution in [0, 0.1) is 27.7 Å². The maximum atomic E-state index is 12.0. The highest BCUT2D eigenvalue weighted by Crippen LogP contribution is 2.15. The van der Waals surface area contributed by atoms with Gasteiger partial charge in [0.25, 0.3) is 0 Å². The summed E-state index contributed by atoms with van der Waals surface area (Å²) in [5, 5.41) is 11.9. The van der Waals surface area contributed by atoms with Gasteiger partial charge in [0.15, 0.2) is 0 Å². The summed E-state index contributed by atoms with van der Waals surface area (Å²) in [6.07, 6.45) is 2.15. The maximum Gasteiger partial charge on any atom is 0.220 e. The van der Waals surface area contributed by atoms with E-state index in [4.69, 9.17) is 0 Å². The summed E-state index contributed by atoms with van der Waals surface area (Å²) in [5.41, 5.74) is 5.61. The number of carbonyl (C=O) groups excluding carboxylic acids is 1. The van der Waals surface area contributed by atoms with Crippen molar-refractivity contribution >= 4 is 5.91 Å². The van der Waals surface area contributed by atoms with Crippen LogP contribution in [0.25, 0.3) is 0 Å². The molecule has 0 spiro atoms. The summed E-state index contributed by atoms with van der Waals surface area (Å²) >= 11 is 0. The average molecular weight is 331 g/mol. The number of hydrogen-bond acceptors (Lipinski definition) is 3. The predicted octanol–water partition coefficient (Wildman–Crippen LogP) is 2.47. The van der Waals surface area contributed by atoms with Gasteiger partial charge in [0.2, 0.25) is 5.91 Å². The molecular weight excluding hydrogens is 302 g/mol. The Morgan fingerprint density at radius 1 is 1.17 bits per heavy atom. The second kappa shape index (κ2) is 8.13. The molecule has 6 heteroatoms. The van der Waals surface area contributed by atoms with Gasteiger partial charge in [-0.25, -0.2) is 0 Å². The zero-order valence-electron chi connectivity index (χ0n) is 15.5. The molecule has 0 aliphatic carbocycles. The van der Waals surface area contributed by atoms with E-state index in [0.29, 0.717) is 13.0 Å². The third-order valence-electron chi connectivity index (χ3n) is 4.41. The topological polar surface area (TPSA) is 64.7 Å². The molecule has 0 saturated heterocycles. The predicted molar refractivity (Wildman–Crippen MR) is 95.0 cm³/mol. The van der Waals surface area contributed by atoms with Crippen LogP contribution < -0.4 is 5.32 Å². The quantitative estimate of drug-likeness (QED) is 0.756. The third kappa shape index (κ3) is 4.46. The molecule has 24 heavy (non-hydrogen) atoms. The SMILES string of the molecule is CCn1nc(C)c(CCC(=O)NCCCn2nc(C)cc2C)c1C. The normalized spacial score (nSPS) is 11.0. The van der Waals surface area contributed by atoms with Crippen molar-refractivity contribution in [3.63, 3.8) is 0 Å². The van der Waals surface area contributed by atoms with E-state index in [2.05, 4.69) is 42.4 Å². The minimum Gasteiger partial charge on any atom is -0.356 e. The van der Waals surface area contributed by atoms with E-state index < -0.39 is 0 Å². The number of amides is 1. The lowest BCUT2D eigenvalue weighted by Crippen LogP contribution is -2.25. The van der Waals surface area contributed by atoms with Crippen LogP contribution in [0.15, 0.2) is 6.07 Å². The Morgan fingerprint density at radius 3 is 2.50 bits per heavy atom. The lowest BCUT2D eigenvalue weighted by Gasteiger charge is -2.07. The summed E-state index contributed by atoms with van der Waals surface area (Å²) < 4.78 is 3.99. The molecule has 0 saturated carbocycles. The summed E-state index contributed by atoms with van der Waals surface area (Å²) in [6, 6.07) is 2.07. The molecule has 1 amide bonds. The fraction of sp³-hybridized carbons (Fsp3) is 0.611. The van der Waals surface area contributed by atoms with Gasteiger partial charge >= 0.3 is 0 Å². The molecule has 0 aromatic carbocycles. The van der Waals surface area contributed by atoms with E-state index in [-0.39, 0.29) is 5.91 Å². The molecule has 2 heterocycles. The second-order valence-electron chi connectivity index (χ2n) is 6.32. The molecule has 0 atom stereocenters. The van der Waals surface area contributed by atoms with E-state index in [0.717, 1.165) is 43.0 Å². The van der Waals surface area contributed by atoms with E-state index in [1.165, 1.54) is 11.3 Å². The third-order valence-corrected chi connectivity index (χ3v) is 4.41. The van der Waals surface area contributed by atoms with Gasteiger partial charge in [-0.1, -0.05) is 0 Å². The number of rotatable bonds is 8. The van der Waals surface area contributed by atoms with Crippen molar-refractivity contribution in [3.8, 4) is 0 Å². The van der Waals surface area contributed by atoms with E-state index in [9.17, 15) is 4.79 Å². The van der Waals surface area contributed by atoms with Gasteiger partial charge in [-0.3, -0.25) is 14.2 Å². The Kier molecular flexibility index (Phi) is 6.17. The van der Waals surface area contributed by atoms with Gasteiger partial charge in [-0.15, -0.1) is 0 Å². The lowest BCUT2D eigenvalue weighted by molar-refractivity contribution is -0.121. The fourth-order valence-electron chi connectivity index (χ4n) is 3.09. The Bertz CT molecular complexity index is 699. The minimum absolute atomic E-state index is 0.103. The number of aromatic nitrogens is 4. The number of nitrogens with zero attached hydrogens (tertiary/aromatic N) is 4. The van der Waals surface area contributed by atoms with Crippen molar-refractivity contribution in [3.05, 3.63) is 34.4 Å². The van der Waals surface area contributed by atoms with Gasteiger partial charge in [0, 0.05) is 37.4 Å². The van der Waals surface area contributed by atoms with E-state index in [1.54, 1.807) is 0 Å². The van der Waals surface area contributed by atoms with Gasteiger partial charge in [-0.05, 0) is 59.1 Å². The Labute approximate surface area is 144 Å². The van der Waals surface area contributed by atoms with Gasteiger partial charge < -0.3 is 5.32 Å². The second-order valence-corrected chi connectivity index (χ2v) is 6.32. The van der Waals surface area contributed by atoms with Crippen molar-refractivity contribution in [1.82, 2.24) is 24.9 Å². The largest absolute Gasteiger partial charge is 0.356 e. The summed E-state index contributed by atoms with van der Waals surface area (Å²) in [4.78, 5) is 12.0. The summed E-state index contributed by atoms with van der Waals surface area (Å²) in [5.74, 6) is 0.103. The number of nitrogens with one attached hydrogen (secondary N) is 1. The number of carbonyl (C=O) groups is 1. The summed E-state index contributed by atoms with van der Waals surface area (Å²) in [7, 11) is 0. The maximum absolute atomic E-state index is 12.0. The standard InChI is InChI=1S/C18H29N5O/c1-6-22-16(5)17(15(4)21-22)8-9-18(24)19-10-7-11-23-14(3)12-13(2)20-23/h12H,6-11H2,1-5H3,(H,19,24). The van der Waals surface area contributed by atoms with Crippen LogP contribution in [0.3, 0.4) is 0 Å². The van der Waals surface area contributed by atoms with Crippen LogP contribution >= 0.6 is 0 Å². The fourth-order valence-corrected chi connectivity index (χ4v) is 3.09. The highest BCUT2D eigenvalue weighted by atomic mass is 16.1. The molecule has 6 nitrogen and oxygen atoms in total. The van der Waals surface area contributed by atoms with Crippen molar-refractivity contribution in [1.29, 1.82) is 0 Å².